The van der Waals surface area contributed by atoms with E-state index in [1.807, 2.05) is 24.3 Å². The molecule has 0 atom stereocenters. The summed E-state index contributed by atoms with van der Waals surface area (Å²) in [5, 5.41) is 0. The number of thioether (sulfide) groups is 1. The number of hydrogen-bond donors (Lipinski definition) is 0. The lowest BCUT2D eigenvalue weighted by atomic mass is 10.2. The standard InChI is InChI=1S/C9H10OS/c1-11-7-9-4-2-8(6-10)3-5-9/h2-6H,7H2,1H3. The van der Waals surface area contributed by atoms with Gasteiger partial charge in [0.15, 0.2) is 0 Å². The highest BCUT2D eigenvalue weighted by Crippen LogP contribution is 2.09. The van der Waals surface area contributed by atoms with Gasteiger partial charge in [-0.15, -0.1) is 0 Å². The minimum atomic E-state index is 0.745. The minimum absolute atomic E-state index is 0.745. The maximum Gasteiger partial charge on any atom is 0.150 e. The van der Waals surface area contributed by atoms with E-state index in [0.29, 0.717) is 0 Å². The normalized spacial score (nSPS) is 9.55. The molecule has 0 aromatic heterocycles. The Kier molecular flexibility index (Phi) is 3.17. The molecule has 0 saturated carbocycles. The Labute approximate surface area is 70.8 Å². The van der Waals surface area contributed by atoms with Gasteiger partial charge in [-0.1, -0.05) is 24.3 Å². The molecule has 58 valence electrons. The van der Waals surface area contributed by atoms with Gasteiger partial charge in [0.1, 0.15) is 6.29 Å². The summed E-state index contributed by atoms with van der Waals surface area (Å²) in [5.74, 6) is 1.01. The van der Waals surface area contributed by atoms with Crippen molar-refractivity contribution in [2.24, 2.45) is 0 Å². The molecule has 0 aliphatic rings. The van der Waals surface area contributed by atoms with Gasteiger partial charge in [0.25, 0.3) is 0 Å². The Morgan fingerprint density at radius 3 is 2.45 bits per heavy atom. The van der Waals surface area contributed by atoms with E-state index in [9.17, 15) is 4.79 Å². The fourth-order valence-corrected chi connectivity index (χ4v) is 1.38. The molecule has 0 amide bonds. The van der Waals surface area contributed by atoms with Crippen LogP contribution in [0.1, 0.15) is 15.9 Å². The summed E-state index contributed by atoms with van der Waals surface area (Å²) < 4.78 is 0. The molecule has 1 aromatic rings. The van der Waals surface area contributed by atoms with Crippen LogP contribution in [-0.4, -0.2) is 12.5 Å². The van der Waals surface area contributed by atoms with Crippen LogP contribution in [0.15, 0.2) is 24.3 Å². The van der Waals surface area contributed by atoms with Crippen molar-refractivity contribution in [3.05, 3.63) is 35.4 Å². The molecule has 0 bridgehead atoms. The Morgan fingerprint density at radius 1 is 1.36 bits per heavy atom. The largest absolute Gasteiger partial charge is 0.298 e. The van der Waals surface area contributed by atoms with Crippen molar-refractivity contribution in [3.63, 3.8) is 0 Å². The number of carbonyl (C=O) groups is 1. The van der Waals surface area contributed by atoms with Gasteiger partial charge < -0.3 is 0 Å². The lowest BCUT2D eigenvalue weighted by Gasteiger charge is -1.96. The number of aldehydes is 1. The van der Waals surface area contributed by atoms with Gasteiger partial charge in [0.2, 0.25) is 0 Å². The van der Waals surface area contributed by atoms with E-state index < -0.39 is 0 Å². The third-order valence-corrected chi connectivity index (χ3v) is 2.05. The Bertz CT molecular complexity index is 228. The third-order valence-electron chi connectivity index (χ3n) is 1.43. The van der Waals surface area contributed by atoms with E-state index in [4.69, 9.17) is 0 Å². The fourth-order valence-electron chi connectivity index (χ4n) is 0.859. The van der Waals surface area contributed by atoms with Crippen LogP contribution in [0.2, 0.25) is 0 Å². The van der Waals surface area contributed by atoms with Crippen LogP contribution in [0, 0.1) is 0 Å². The zero-order chi connectivity index (χ0) is 8.10. The van der Waals surface area contributed by atoms with E-state index in [1.54, 1.807) is 11.8 Å². The van der Waals surface area contributed by atoms with E-state index >= 15 is 0 Å². The van der Waals surface area contributed by atoms with Crippen molar-refractivity contribution in [2.45, 2.75) is 5.75 Å². The van der Waals surface area contributed by atoms with Crippen molar-refractivity contribution >= 4 is 18.0 Å². The zero-order valence-electron chi connectivity index (χ0n) is 6.41. The molecule has 0 unspecified atom stereocenters. The Balaban J connectivity index is 2.74. The smallest absolute Gasteiger partial charge is 0.150 e. The number of benzene rings is 1. The first-order valence-corrected chi connectivity index (χ1v) is 4.79. The molecule has 0 fully saturated rings. The summed E-state index contributed by atoms with van der Waals surface area (Å²) in [5.41, 5.74) is 2.01. The monoisotopic (exact) mass is 166 g/mol. The molecular weight excluding hydrogens is 156 g/mol. The number of rotatable bonds is 3. The predicted molar refractivity (Wildman–Crippen MR) is 49.0 cm³/mol. The van der Waals surface area contributed by atoms with Gasteiger partial charge in [0.05, 0.1) is 0 Å². The summed E-state index contributed by atoms with van der Waals surface area (Å²) >= 11 is 1.78. The molecule has 0 heterocycles. The quantitative estimate of drug-likeness (QED) is 0.641. The van der Waals surface area contributed by atoms with Crippen molar-refractivity contribution in [1.29, 1.82) is 0 Å². The Hall–Kier alpha value is -0.760. The van der Waals surface area contributed by atoms with Crippen LogP contribution >= 0.6 is 11.8 Å². The molecule has 0 aliphatic heterocycles. The van der Waals surface area contributed by atoms with Crippen LogP contribution < -0.4 is 0 Å². The summed E-state index contributed by atoms with van der Waals surface area (Å²) in [7, 11) is 0. The minimum Gasteiger partial charge on any atom is -0.298 e. The first-order valence-electron chi connectivity index (χ1n) is 3.40. The number of carbonyl (C=O) groups excluding carboxylic acids is 1. The first-order chi connectivity index (χ1) is 5.36. The van der Waals surface area contributed by atoms with Crippen molar-refractivity contribution in [3.8, 4) is 0 Å². The number of hydrogen-bond acceptors (Lipinski definition) is 2. The highest BCUT2D eigenvalue weighted by atomic mass is 32.2. The average molecular weight is 166 g/mol. The fraction of sp³-hybridized carbons (Fsp3) is 0.222. The lowest BCUT2D eigenvalue weighted by Crippen LogP contribution is -1.81. The topological polar surface area (TPSA) is 17.1 Å². The zero-order valence-corrected chi connectivity index (χ0v) is 7.23. The summed E-state index contributed by atoms with van der Waals surface area (Å²) in [6.07, 6.45) is 2.93. The second kappa shape index (κ2) is 4.19. The molecule has 0 N–H and O–H groups in total. The molecule has 2 heteroatoms. The van der Waals surface area contributed by atoms with E-state index in [1.165, 1.54) is 5.56 Å². The van der Waals surface area contributed by atoms with Gasteiger partial charge in [-0.2, -0.15) is 11.8 Å². The van der Waals surface area contributed by atoms with E-state index in [0.717, 1.165) is 17.6 Å². The van der Waals surface area contributed by atoms with Gasteiger partial charge in [-0.25, -0.2) is 0 Å². The second-order valence-corrected chi connectivity index (χ2v) is 3.16. The van der Waals surface area contributed by atoms with Crippen molar-refractivity contribution in [1.82, 2.24) is 0 Å². The molecule has 0 saturated heterocycles. The lowest BCUT2D eigenvalue weighted by molar-refractivity contribution is 0.112. The maximum absolute atomic E-state index is 10.3. The summed E-state index contributed by atoms with van der Waals surface area (Å²) in [6.45, 7) is 0. The predicted octanol–water partition coefficient (Wildman–Crippen LogP) is 2.36. The summed E-state index contributed by atoms with van der Waals surface area (Å²) in [6, 6.07) is 7.66. The van der Waals surface area contributed by atoms with Gasteiger partial charge in [-0.3, -0.25) is 4.79 Å². The van der Waals surface area contributed by atoms with Crippen LogP contribution in [0.4, 0.5) is 0 Å². The molecule has 1 nitrogen and oxygen atoms in total. The maximum atomic E-state index is 10.3. The van der Waals surface area contributed by atoms with Crippen LogP contribution in [0.3, 0.4) is 0 Å². The van der Waals surface area contributed by atoms with Gasteiger partial charge in [-0.05, 0) is 11.8 Å². The molecule has 0 spiro atoms. The SMILES string of the molecule is CSCc1ccc(C=O)cc1. The average Bonchev–Trinajstić information content (AvgIpc) is 2.07. The molecule has 1 rings (SSSR count). The van der Waals surface area contributed by atoms with Gasteiger partial charge >= 0.3 is 0 Å². The van der Waals surface area contributed by atoms with E-state index in [2.05, 4.69) is 6.26 Å². The summed E-state index contributed by atoms with van der Waals surface area (Å²) in [4.78, 5) is 10.3. The molecule has 0 radical (unpaired) electrons. The highest BCUT2D eigenvalue weighted by Gasteiger charge is 1.91. The van der Waals surface area contributed by atoms with Crippen LogP contribution in [-0.2, 0) is 5.75 Å². The second-order valence-electron chi connectivity index (χ2n) is 2.29. The third kappa shape index (κ3) is 2.39. The first kappa shape index (κ1) is 8.34. The molecule has 0 aliphatic carbocycles. The van der Waals surface area contributed by atoms with Crippen LogP contribution in [0.25, 0.3) is 0 Å². The molecule has 11 heavy (non-hydrogen) atoms. The van der Waals surface area contributed by atoms with E-state index in [-0.39, 0.29) is 0 Å². The van der Waals surface area contributed by atoms with Gasteiger partial charge in [0, 0.05) is 11.3 Å². The Morgan fingerprint density at radius 2 is 2.00 bits per heavy atom. The highest BCUT2D eigenvalue weighted by molar-refractivity contribution is 7.97. The van der Waals surface area contributed by atoms with Crippen molar-refractivity contribution < 1.29 is 4.79 Å². The molecule has 1 aromatic carbocycles. The molecular formula is C9H10OS. The van der Waals surface area contributed by atoms with Crippen LogP contribution in [0.5, 0.6) is 0 Å². The van der Waals surface area contributed by atoms with Crippen molar-refractivity contribution in [2.75, 3.05) is 6.26 Å².